The fourth-order valence-electron chi connectivity index (χ4n) is 0.661. The smallest absolute Gasteiger partial charge is 0.217 e. The third-order valence-corrected chi connectivity index (χ3v) is 1.46. The molecular formula is C6H9IN2O. The van der Waals surface area contributed by atoms with Crippen molar-refractivity contribution in [1.82, 2.24) is 10.2 Å². The first-order valence-corrected chi connectivity index (χ1v) is 4.36. The molecule has 0 aromatic carbocycles. The van der Waals surface area contributed by atoms with Crippen molar-refractivity contribution in [3.05, 3.63) is 11.8 Å². The molecule has 0 fully saturated rings. The lowest BCUT2D eigenvalue weighted by Gasteiger charge is -1.94. The molecule has 0 aliphatic heterocycles. The number of aromatic nitrogens is 2. The molecule has 0 saturated heterocycles. The molecular weight excluding hydrogens is 243 g/mol. The summed E-state index contributed by atoms with van der Waals surface area (Å²) in [6, 6.07) is 0. The van der Waals surface area contributed by atoms with E-state index in [0.717, 1.165) is 12.3 Å². The second kappa shape index (κ2) is 3.32. The predicted molar refractivity (Wildman–Crippen MR) is 46.2 cm³/mol. The van der Waals surface area contributed by atoms with Gasteiger partial charge in [-0.2, -0.15) is 0 Å². The standard InChI is InChI=1S/C6H9IN2O/c1-4(7)3-6-9-8-5(2)10-6/h4H,3H2,1-2H3. The van der Waals surface area contributed by atoms with E-state index in [-0.39, 0.29) is 0 Å². The normalized spacial score (nSPS) is 13.5. The molecule has 0 N–H and O–H groups in total. The van der Waals surface area contributed by atoms with Crippen molar-refractivity contribution in [2.45, 2.75) is 24.2 Å². The van der Waals surface area contributed by atoms with Crippen LogP contribution in [0.4, 0.5) is 0 Å². The summed E-state index contributed by atoms with van der Waals surface area (Å²) < 4.78 is 5.72. The topological polar surface area (TPSA) is 38.9 Å². The number of rotatable bonds is 2. The van der Waals surface area contributed by atoms with E-state index in [1.54, 1.807) is 6.92 Å². The van der Waals surface area contributed by atoms with Gasteiger partial charge in [0.2, 0.25) is 11.8 Å². The van der Waals surface area contributed by atoms with Gasteiger partial charge in [0.05, 0.1) is 0 Å². The highest BCUT2D eigenvalue weighted by Gasteiger charge is 2.04. The third kappa shape index (κ3) is 2.24. The predicted octanol–water partition coefficient (Wildman–Crippen LogP) is 1.74. The molecule has 1 atom stereocenters. The van der Waals surface area contributed by atoms with E-state index in [2.05, 4.69) is 39.7 Å². The molecule has 1 unspecified atom stereocenters. The Morgan fingerprint density at radius 2 is 2.30 bits per heavy atom. The lowest BCUT2D eigenvalue weighted by atomic mass is 10.3. The van der Waals surface area contributed by atoms with Crippen molar-refractivity contribution >= 4 is 22.6 Å². The highest BCUT2D eigenvalue weighted by atomic mass is 127. The number of hydrogen-bond donors (Lipinski definition) is 0. The maximum atomic E-state index is 5.17. The minimum absolute atomic E-state index is 0.553. The SMILES string of the molecule is Cc1nnc(CC(C)I)o1. The van der Waals surface area contributed by atoms with Gasteiger partial charge in [0, 0.05) is 17.3 Å². The maximum absolute atomic E-state index is 5.17. The molecule has 1 aromatic rings. The highest BCUT2D eigenvalue weighted by molar-refractivity contribution is 14.1. The number of alkyl halides is 1. The van der Waals surface area contributed by atoms with Crippen LogP contribution in [0.15, 0.2) is 4.42 Å². The molecule has 4 heteroatoms. The monoisotopic (exact) mass is 252 g/mol. The van der Waals surface area contributed by atoms with Crippen molar-refractivity contribution in [1.29, 1.82) is 0 Å². The zero-order chi connectivity index (χ0) is 7.56. The summed E-state index contributed by atoms with van der Waals surface area (Å²) in [6.07, 6.45) is 0.862. The second-order valence-electron chi connectivity index (χ2n) is 2.20. The zero-order valence-corrected chi connectivity index (χ0v) is 8.12. The lowest BCUT2D eigenvalue weighted by molar-refractivity contribution is 0.468. The summed E-state index contributed by atoms with van der Waals surface area (Å²) in [7, 11) is 0. The summed E-state index contributed by atoms with van der Waals surface area (Å²) in [5.41, 5.74) is 0. The number of nitrogens with zero attached hydrogens (tertiary/aromatic N) is 2. The number of aryl methyl sites for hydroxylation is 1. The van der Waals surface area contributed by atoms with Crippen LogP contribution in [0.5, 0.6) is 0 Å². The molecule has 56 valence electrons. The van der Waals surface area contributed by atoms with Gasteiger partial charge in [-0.05, 0) is 0 Å². The van der Waals surface area contributed by atoms with Crippen LogP contribution in [0, 0.1) is 6.92 Å². The summed E-state index contributed by atoms with van der Waals surface area (Å²) in [5.74, 6) is 1.38. The summed E-state index contributed by atoms with van der Waals surface area (Å²) in [4.78, 5) is 0. The Balaban J connectivity index is 2.58. The van der Waals surface area contributed by atoms with Gasteiger partial charge in [-0.1, -0.05) is 29.5 Å². The molecule has 0 radical (unpaired) electrons. The van der Waals surface area contributed by atoms with E-state index >= 15 is 0 Å². The van der Waals surface area contributed by atoms with Crippen LogP contribution in [0.2, 0.25) is 0 Å². The molecule has 0 spiro atoms. The van der Waals surface area contributed by atoms with Crippen molar-refractivity contribution in [2.24, 2.45) is 0 Å². The minimum Gasteiger partial charge on any atom is -0.426 e. The van der Waals surface area contributed by atoms with Crippen LogP contribution in [0.1, 0.15) is 18.7 Å². The Kier molecular flexibility index (Phi) is 2.64. The van der Waals surface area contributed by atoms with Crippen LogP contribution in [0.25, 0.3) is 0 Å². The first-order valence-electron chi connectivity index (χ1n) is 3.11. The zero-order valence-electron chi connectivity index (χ0n) is 5.97. The average Bonchev–Trinajstić information content (AvgIpc) is 2.13. The largest absolute Gasteiger partial charge is 0.426 e. The van der Waals surface area contributed by atoms with Crippen molar-refractivity contribution < 1.29 is 4.42 Å². The van der Waals surface area contributed by atoms with Crippen molar-refractivity contribution in [2.75, 3.05) is 0 Å². The van der Waals surface area contributed by atoms with Gasteiger partial charge in [-0.25, -0.2) is 0 Å². The fraction of sp³-hybridized carbons (Fsp3) is 0.667. The molecule has 1 heterocycles. The molecule has 1 rings (SSSR count). The summed E-state index contributed by atoms with van der Waals surface area (Å²) in [5, 5.41) is 7.58. The number of hydrogen-bond acceptors (Lipinski definition) is 3. The summed E-state index contributed by atoms with van der Waals surface area (Å²) in [6.45, 7) is 3.91. The molecule has 0 aliphatic carbocycles. The van der Waals surface area contributed by atoms with Gasteiger partial charge < -0.3 is 4.42 Å². The molecule has 0 amide bonds. The first kappa shape index (κ1) is 7.97. The van der Waals surface area contributed by atoms with Crippen molar-refractivity contribution in [3.63, 3.8) is 0 Å². The fourth-order valence-corrected chi connectivity index (χ4v) is 1.04. The van der Waals surface area contributed by atoms with Crippen LogP contribution < -0.4 is 0 Å². The Labute approximate surface area is 73.4 Å². The molecule has 0 saturated carbocycles. The molecule has 3 nitrogen and oxygen atoms in total. The van der Waals surface area contributed by atoms with E-state index in [0.29, 0.717) is 9.82 Å². The van der Waals surface area contributed by atoms with Crippen LogP contribution in [0.3, 0.4) is 0 Å². The van der Waals surface area contributed by atoms with Gasteiger partial charge in [0.1, 0.15) is 0 Å². The van der Waals surface area contributed by atoms with Crippen LogP contribution in [-0.4, -0.2) is 14.1 Å². The number of halogens is 1. The quantitative estimate of drug-likeness (QED) is 0.594. The first-order chi connectivity index (χ1) is 4.68. The lowest BCUT2D eigenvalue weighted by Crippen LogP contribution is -1.95. The van der Waals surface area contributed by atoms with Crippen LogP contribution >= 0.6 is 22.6 Å². The molecule has 0 bridgehead atoms. The molecule has 0 aliphatic rings. The van der Waals surface area contributed by atoms with Crippen molar-refractivity contribution in [3.8, 4) is 0 Å². The van der Waals surface area contributed by atoms with E-state index in [4.69, 9.17) is 4.42 Å². The van der Waals surface area contributed by atoms with Gasteiger partial charge >= 0.3 is 0 Å². The highest BCUT2D eigenvalue weighted by Crippen LogP contribution is 2.07. The second-order valence-corrected chi connectivity index (χ2v) is 4.33. The van der Waals surface area contributed by atoms with Gasteiger partial charge in [0.25, 0.3) is 0 Å². The van der Waals surface area contributed by atoms with Crippen LogP contribution in [-0.2, 0) is 6.42 Å². The van der Waals surface area contributed by atoms with E-state index in [1.165, 1.54) is 0 Å². The van der Waals surface area contributed by atoms with Gasteiger partial charge in [0.15, 0.2) is 0 Å². The van der Waals surface area contributed by atoms with E-state index in [1.807, 2.05) is 0 Å². The Morgan fingerprint density at radius 1 is 1.60 bits per heavy atom. The average molecular weight is 252 g/mol. The Morgan fingerprint density at radius 3 is 2.70 bits per heavy atom. The van der Waals surface area contributed by atoms with E-state index < -0.39 is 0 Å². The molecule has 1 aromatic heterocycles. The van der Waals surface area contributed by atoms with Gasteiger partial charge in [-0.15, -0.1) is 10.2 Å². The Hall–Kier alpha value is -0.130. The van der Waals surface area contributed by atoms with Gasteiger partial charge in [-0.3, -0.25) is 0 Å². The summed E-state index contributed by atoms with van der Waals surface area (Å²) >= 11 is 2.33. The Bertz CT molecular complexity index is 209. The third-order valence-electron chi connectivity index (χ3n) is 1.02. The maximum Gasteiger partial charge on any atom is 0.217 e. The molecule has 10 heavy (non-hydrogen) atoms. The minimum atomic E-state index is 0.553. The van der Waals surface area contributed by atoms with E-state index in [9.17, 15) is 0 Å².